The standard InChI is InChI=1S/C26H38BN3O6/c1-24(2,3)30(23(33)34-16-19-9-11-21(31)28-19)13-12-29-15-17-14-18(8-10-20(17)22(29)32)27-35-25(4,5)26(6,7)36-27/h8,10,14,19H,9,11-13,15-16H2,1-7H3,(H,28,31)/t19-/m0/s1. The fourth-order valence-electron chi connectivity index (χ4n) is 4.68. The molecule has 3 amide bonds. The molecule has 0 radical (unpaired) electrons. The van der Waals surface area contributed by atoms with E-state index in [1.54, 1.807) is 9.80 Å². The van der Waals surface area contributed by atoms with Crippen molar-refractivity contribution in [1.29, 1.82) is 0 Å². The molecule has 3 aliphatic heterocycles. The van der Waals surface area contributed by atoms with Crippen molar-refractivity contribution in [2.24, 2.45) is 0 Å². The maximum atomic E-state index is 13.1. The molecule has 2 saturated heterocycles. The number of carbonyl (C=O) groups is 3. The van der Waals surface area contributed by atoms with E-state index in [9.17, 15) is 14.4 Å². The number of benzene rings is 1. The number of nitrogens with zero attached hydrogens (tertiary/aromatic N) is 2. The zero-order valence-corrected chi connectivity index (χ0v) is 22.5. The number of carbonyl (C=O) groups excluding carboxylic acids is 3. The minimum atomic E-state index is -0.491. The first-order valence-electron chi connectivity index (χ1n) is 12.7. The van der Waals surface area contributed by atoms with Crippen molar-refractivity contribution in [3.63, 3.8) is 0 Å². The highest BCUT2D eigenvalue weighted by molar-refractivity contribution is 6.62. The molecule has 10 heteroatoms. The van der Waals surface area contributed by atoms with Crippen molar-refractivity contribution in [2.75, 3.05) is 19.7 Å². The summed E-state index contributed by atoms with van der Waals surface area (Å²) in [6.07, 6.45) is 0.672. The summed E-state index contributed by atoms with van der Waals surface area (Å²) < 4.78 is 17.9. The molecule has 4 rings (SSSR count). The van der Waals surface area contributed by atoms with Gasteiger partial charge in [-0.25, -0.2) is 4.79 Å². The van der Waals surface area contributed by atoms with Gasteiger partial charge in [0, 0.05) is 37.2 Å². The average Bonchev–Trinajstić information content (AvgIpc) is 3.39. The van der Waals surface area contributed by atoms with E-state index in [1.807, 2.05) is 66.7 Å². The van der Waals surface area contributed by atoms with Gasteiger partial charge in [-0.15, -0.1) is 0 Å². The lowest BCUT2D eigenvalue weighted by Gasteiger charge is -2.36. The van der Waals surface area contributed by atoms with Crippen LogP contribution in [0.4, 0.5) is 4.79 Å². The van der Waals surface area contributed by atoms with Crippen LogP contribution >= 0.6 is 0 Å². The zero-order chi connectivity index (χ0) is 26.5. The molecule has 0 aromatic heterocycles. The second-order valence-electron chi connectivity index (χ2n) is 11.9. The number of nitrogens with one attached hydrogen (secondary N) is 1. The highest BCUT2D eigenvalue weighted by atomic mass is 16.7. The predicted octanol–water partition coefficient (Wildman–Crippen LogP) is 2.46. The third-order valence-corrected chi connectivity index (χ3v) is 7.65. The summed E-state index contributed by atoms with van der Waals surface area (Å²) in [6, 6.07) is 5.57. The lowest BCUT2D eigenvalue weighted by Crippen LogP contribution is -2.50. The molecular weight excluding hydrogens is 461 g/mol. The Bertz CT molecular complexity index is 1030. The SMILES string of the molecule is CC(C)(C)N(CCN1Cc2cc(B3OC(C)(C)C(C)(C)O3)ccc2C1=O)C(=O)OC[C@@H]1CCC(=O)N1. The summed E-state index contributed by atoms with van der Waals surface area (Å²) in [6.45, 7) is 15.2. The molecule has 0 unspecified atom stereocenters. The molecule has 0 spiro atoms. The molecule has 0 saturated carbocycles. The summed E-state index contributed by atoms with van der Waals surface area (Å²) in [4.78, 5) is 40.8. The van der Waals surface area contributed by atoms with Gasteiger partial charge in [0.05, 0.1) is 17.2 Å². The molecule has 0 bridgehead atoms. The van der Waals surface area contributed by atoms with Gasteiger partial charge in [-0.2, -0.15) is 0 Å². The van der Waals surface area contributed by atoms with Crippen LogP contribution in [0.5, 0.6) is 0 Å². The second-order valence-corrected chi connectivity index (χ2v) is 11.9. The van der Waals surface area contributed by atoms with Crippen LogP contribution in [0.1, 0.15) is 77.2 Å². The van der Waals surface area contributed by atoms with Crippen LogP contribution in [0.3, 0.4) is 0 Å². The molecular formula is C26H38BN3O6. The number of ether oxygens (including phenoxy) is 1. The first kappa shape index (κ1) is 26.5. The Morgan fingerprint density at radius 3 is 2.44 bits per heavy atom. The summed E-state index contributed by atoms with van der Waals surface area (Å²) in [5.74, 6) is -0.0705. The van der Waals surface area contributed by atoms with Gasteiger partial charge < -0.3 is 29.2 Å². The molecule has 9 nitrogen and oxygen atoms in total. The molecule has 1 atom stereocenters. The third kappa shape index (κ3) is 5.25. The van der Waals surface area contributed by atoms with Crippen molar-refractivity contribution in [3.8, 4) is 0 Å². The van der Waals surface area contributed by atoms with Gasteiger partial charge in [0.15, 0.2) is 0 Å². The molecule has 2 fully saturated rings. The van der Waals surface area contributed by atoms with E-state index in [0.29, 0.717) is 38.0 Å². The minimum absolute atomic E-state index is 0.0162. The number of hydrogen-bond acceptors (Lipinski definition) is 6. The average molecular weight is 499 g/mol. The van der Waals surface area contributed by atoms with E-state index in [2.05, 4.69) is 5.32 Å². The van der Waals surface area contributed by atoms with E-state index in [0.717, 1.165) is 11.0 Å². The summed E-state index contributed by atoms with van der Waals surface area (Å²) in [5, 5.41) is 2.81. The van der Waals surface area contributed by atoms with Crippen LogP contribution in [0, 0.1) is 0 Å². The van der Waals surface area contributed by atoms with Gasteiger partial charge >= 0.3 is 13.2 Å². The maximum absolute atomic E-state index is 13.1. The predicted molar refractivity (Wildman–Crippen MR) is 136 cm³/mol. The van der Waals surface area contributed by atoms with E-state index in [4.69, 9.17) is 14.0 Å². The van der Waals surface area contributed by atoms with Gasteiger partial charge in [-0.1, -0.05) is 12.1 Å². The molecule has 1 N–H and O–H groups in total. The van der Waals surface area contributed by atoms with Crippen LogP contribution < -0.4 is 10.8 Å². The highest BCUT2D eigenvalue weighted by Gasteiger charge is 2.52. The maximum Gasteiger partial charge on any atom is 0.494 e. The Balaban J connectivity index is 1.38. The van der Waals surface area contributed by atoms with Crippen molar-refractivity contribution in [1.82, 2.24) is 15.1 Å². The first-order valence-corrected chi connectivity index (χ1v) is 12.7. The number of hydrogen-bond donors (Lipinski definition) is 1. The quantitative estimate of drug-likeness (QED) is 0.605. The Morgan fingerprint density at radius 1 is 1.19 bits per heavy atom. The first-order chi connectivity index (χ1) is 16.7. The van der Waals surface area contributed by atoms with Crippen LogP contribution in [0.2, 0.25) is 0 Å². The highest BCUT2D eigenvalue weighted by Crippen LogP contribution is 2.36. The third-order valence-electron chi connectivity index (χ3n) is 7.65. The molecule has 1 aromatic carbocycles. The lowest BCUT2D eigenvalue weighted by atomic mass is 9.78. The van der Waals surface area contributed by atoms with E-state index in [1.165, 1.54) is 0 Å². The molecule has 3 aliphatic rings. The number of rotatable bonds is 6. The monoisotopic (exact) mass is 499 g/mol. The summed E-state index contributed by atoms with van der Waals surface area (Å²) in [7, 11) is -0.486. The van der Waals surface area contributed by atoms with Gasteiger partial charge in [0.2, 0.25) is 5.91 Å². The fourth-order valence-corrected chi connectivity index (χ4v) is 4.68. The van der Waals surface area contributed by atoms with Crippen molar-refractivity contribution in [2.45, 2.75) is 90.6 Å². The Hall–Kier alpha value is -2.59. The Kier molecular flexibility index (Phi) is 6.90. The van der Waals surface area contributed by atoms with Gasteiger partial charge in [0.1, 0.15) is 6.61 Å². The van der Waals surface area contributed by atoms with Crippen molar-refractivity contribution in [3.05, 3.63) is 29.3 Å². The minimum Gasteiger partial charge on any atom is -0.447 e. The van der Waals surface area contributed by atoms with Crippen LogP contribution in [-0.2, 0) is 25.4 Å². The van der Waals surface area contributed by atoms with Crippen LogP contribution in [0.25, 0.3) is 0 Å². The van der Waals surface area contributed by atoms with E-state index < -0.39 is 30.0 Å². The topological polar surface area (TPSA) is 97.4 Å². The van der Waals surface area contributed by atoms with E-state index in [-0.39, 0.29) is 24.5 Å². The van der Waals surface area contributed by atoms with Crippen LogP contribution in [0.15, 0.2) is 18.2 Å². The van der Waals surface area contributed by atoms with Gasteiger partial charge in [-0.05, 0) is 72.0 Å². The Labute approximate surface area is 214 Å². The molecule has 1 aromatic rings. The Morgan fingerprint density at radius 2 is 1.86 bits per heavy atom. The molecule has 196 valence electrons. The summed E-state index contributed by atoms with van der Waals surface area (Å²) in [5.41, 5.74) is 1.11. The largest absolute Gasteiger partial charge is 0.494 e. The van der Waals surface area contributed by atoms with Crippen molar-refractivity contribution < 1.29 is 28.4 Å². The smallest absolute Gasteiger partial charge is 0.447 e. The molecule has 36 heavy (non-hydrogen) atoms. The molecule has 3 heterocycles. The van der Waals surface area contributed by atoms with E-state index >= 15 is 0 Å². The zero-order valence-electron chi connectivity index (χ0n) is 22.5. The summed E-state index contributed by atoms with van der Waals surface area (Å²) >= 11 is 0. The molecule has 0 aliphatic carbocycles. The number of amides is 3. The van der Waals surface area contributed by atoms with Gasteiger partial charge in [0.25, 0.3) is 5.91 Å². The number of fused-ring (bicyclic) bond motifs is 1. The fraction of sp³-hybridized carbons (Fsp3) is 0.654. The van der Waals surface area contributed by atoms with Gasteiger partial charge in [-0.3, -0.25) is 9.59 Å². The second kappa shape index (κ2) is 9.37. The van der Waals surface area contributed by atoms with Crippen molar-refractivity contribution >= 4 is 30.5 Å². The normalized spacial score (nSPS) is 22.6. The van der Waals surface area contributed by atoms with Crippen LogP contribution in [-0.4, -0.2) is 77.3 Å². The lowest BCUT2D eigenvalue weighted by molar-refractivity contribution is -0.119.